The number of benzene rings is 2. The summed E-state index contributed by atoms with van der Waals surface area (Å²) in [5.74, 6) is -1.62. The number of hydrogen-bond donors (Lipinski definition) is 1. The molecule has 2 rings (SSSR count). The summed E-state index contributed by atoms with van der Waals surface area (Å²) < 4.78 is 39.7. The first-order valence-corrected chi connectivity index (χ1v) is 6.92. The zero-order chi connectivity index (χ0) is 15.4. The van der Waals surface area contributed by atoms with Gasteiger partial charge in [0.05, 0.1) is 5.02 Å². The van der Waals surface area contributed by atoms with E-state index in [2.05, 4.69) is 5.32 Å². The van der Waals surface area contributed by atoms with E-state index in [0.29, 0.717) is 18.4 Å². The molecule has 5 heteroatoms. The molecule has 0 aliphatic carbocycles. The van der Waals surface area contributed by atoms with E-state index in [1.807, 2.05) is 0 Å². The van der Waals surface area contributed by atoms with Crippen molar-refractivity contribution in [2.45, 2.75) is 18.9 Å². The topological polar surface area (TPSA) is 12.0 Å². The van der Waals surface area contributed by atoms with Crippen molar-refractivity contribution >= 4 is 11.6 Å². The Morgan fingerprint density at radius 2 is 1.76 bits per heavy atom. The number of hydrogen-bond acceptors (Lipinski definition) is 1. The number of likely N-dealkylation sites (N-methyl/N-ethyl adjacent to an activating group) is 1. The van der Waals surface area contributed by atoms with E-state index in [0.717, 1.165) is 11.6 Å². The average molecular weight is 314 g/mol. The van der Waals surface area contributed by atoms with Crippen molar-refractivity contribution in [1.29, 1.82) is 0 Å². The van der Waals surface area contributed by atoms with E-state index in [1.54, 1.807) is 19.2 Å². The zero-order valence-electron chi connectivity index (χ0n) is 11.5. The van der Waals surface area contributed by atoms with E-state index < -0.39 is 17.5 Å². The minimum atomic E-state index is -0.595. The van der Waals surface area contributed by atoms with Crippen molar-refractivity contribution in [1.82, 2.24) is 5.32 Å². The highest BCUT2D eigenvalue weighted by atomic mass is 35.5. The van der Waals surface area contributed by atoms with Gasteiger partial charge in [-0.25, -0.2) is 13.2 Å². The molecule has 0 amide bonds. The van der Waals surface area contributed by atoms with Crippen molar-refractivity contribution in [2.75, 3.05) is 7.05 Å². The average Bonchev–Trinajstić information content (AvgIpc) is 2.44. The molecule has 112 valence electrons. The van der Waals surface area contributed by atoms with Gasteiger partial charge in [0.15, 0.2) is 0 Å². The monoisotopic (exact) mass is 313 g/mol. The van der Waals surface area contributed by atoms with Gasteiger partial charge < -0.3 is 5.32 Å². The molecule has 0 radical (unpaired) electrons. The second-order valence-electron chi connectivity index (χ2n) is 4.88. The fraction of sp³-hybridized carbons (Fsp3) is 0.250. The minimum absolute atomic E-state index is 0.0634. The third-order valence-electron chi connectivity index (χ3n) is 3.36. The fourth-order valence-corrected chi connectivity index (χ4v) is 2.38. The molecule has 0 aromatic heterocycles. The number of nitrogens with one attached hydrogen (secondary N) is 1. The van der Waals surface area contributed by atoms with Gasteiger partial charge in [-0.1, -0.05) is 23.7 Å². The van der Waals surface area contributed by atoms with Gasteiger partial charge in [-0.3, -0.25) is 0 Å². The van der Waals surface area contributed by atoms with Crippen molar-refractivity contribution < 1.29 is 13.2 Å². The Bertz CT molecular complexity index is 631. The normalized spacial score (nSPS) is 12.4. The van der Waals surface area contributed by atoms with Crippen LogP contribution in [0.15, 0.2) is 36.4 Å². The second kappa shape index (κ2) is 6.96. The van der Waals surface area contributed by atoms with E-state index in [-0.39, 0.29) is 11.1 Å². The molecular formula is C16H15ClF3N. The van der Waals surface area contributed by atoms with Crippen LogP contribution in [0.4, 0.5) is 13.2 Å². The Morgan fingerprint density at radius 3 is 2.38 bits per heavy atom. The Kier molecular flexibility index (Phi) is 5.26. The van der Waals surface area contributed by atoms with Crippen LogP contribution < -0.4 is 5.32 Å². The molecule has 1 atom stereocenters. The molecule has 21 heavy (non-hydrogen) atoms. The summed E-state index contributed by atoms with van der Waals surface area (Å²) >= 11 is 5.75. The predicted octanol–water partition coefficient (Wildman–Crippen LogP) is 4.13. The summed E-state index contributed by atoms with van der Waals surface area (Å²) in [5.41, 5.74) is 1.28. The predicted molar refractivity (Wildman–Crippen MR) is 78.0 cm³/mol. The van der Waals surface area contributed by atoms with Crippen LogP contribution in [0.3, 0.4) is 0 Å². The van der Waals surface area contributed by atoms with Gasteiger partial charge in [-0.2, -0.15) is 0 Å². The minimum Gasteiger partial charge on any atom is -0.316 e. The van der Waals surface area contributed by atoms with Crippen molar-refractivity contribution in [3.05, 3.63) is 70.0 Å². The summed E-state index contributed by atoms with van der Waals surface area (Å²) in [4.78, 5) is 0. The first-order chi connectivity index (χ1) is 9.99. The summed E-state index contributed by atoms with van der Waals surface area (Å²) in [6.45, 7) is 0. The summed E-state index contributed by atoms with van der Waals surface area (Å²) in [6, 6.07) is 7.99. The van der Waals surface area contributed by atoms with Crippen LogP contribution in [0.5, 0.6) is 0 Å². The number of rotatable bonds is 5. The molecule has 0 heterocycles. The molecule has 0 bridgehead atoms. The first kappa shape index (κ1) is 15.9. The van der Waals surface area contributed by atoms with Crippen molar-refractivity contribution in [3.63, 3.8) is 0 Å². The molecular weight excluding hydrogens is 299 g/mol. The van der Waals surface area contributed by atoms with Crippen LogP contribution >= 0.6 is 11.6 Å². The lowest BCUT2D eigenvalue weighted by molar-refractivity contribution is 0.524. The van der Waals surface area contributed by atoms with E-state index >= 15 is 0 Å². The standard InChI is InChI=1S/C16H15ClF3N/c1-21-13(6-10-2-5-15(19)14(17)7-10)8-11-3-4-12(18)9-16(11)20/h2-5,7,9,13,21H,6,8H2,1H3. The molecule has 0 saturated heterocycles. The van der Waals surface area contributed by atoms with E-state index in [1.165, 1.54) is 18.2 Å². The molecule has 0 saturated carbocycles. The van der Waals surface area contributed by atoms with Gasteiger partial charge in [0.1, 0.15) is 17.5 Å². The SMILES string of the molecule is CNC(Cc1ccc(F)c(Cl)c1)Cc1ccc(F)cc1F. The molecule has 1 unspecified atom stereocenters. The molecule has 0 aliphatic heterocycles. The molecule has 0 aliphatic rings. The zero-order valence-corrected chi connectivity index (χ0v) is 12.2. The highest BCUT2D eigenvalue weighted by Gasteiger charge is 2.13. The largest absolute Gasteiger partial charge is 0.316 e. The number of halogens is 4. The molecule has 0 spiro atoms. The van der Waals surface area contributed by atoms with Gasteiger partial charge in [-0.15, -0.1) is 0 Å². The molecule has 1 N–H and O–H groups in total. The quantitative estimate of drug-likeness (QED) is 0.875. The summed E-state index contributed by atoms with van der Waals surface area (Å²) in [7, 11) is 1.76. The third kappa shape index (κ3) is 4.22. The fourth-order valence-electron chi connectivity index (χ4n) is 2.18. The summed E-state index contributed by atoms with van der Waals surface area (Å²) in [5, 5.41) is 3.14. The van der Waals surface area contributed by atoms with Crippen LogP contribution in [-0.2, 0) is 12.8 Å². The van der Waals surface area contributed by atoms with E-state index in [4.69, 9.17) is 11.6 Å². The Balaban J connectivity index is 2.10. The maximum atomic E-state index is 13.7. The lowest BCUT2D eigenvalue weighted by Crippen LogP contribution is -2.30. The smallest absolute Gasteiger partial charge is 0.141 e. The maximum Gasteiger partial charge on any atom is 0.141 e. The highest BCUT2D eigenvalue weighted by Crippen LogP contribution is 2.19. The second-order valence-corrected chi connectivity index (χ2v) is 5.29. The van der Waals surface area contributed by atoms with E-state index in [9.17, 15) is 13.2 Å². The van der Waals surface area contributed by atoms with Gasteiger partial charge in [0, 0.05) is 12.1 Å². The molecule has 2 aromatic rings. The van der Waals surface area contributed by atoms with Gasteiger partial charge in [0.25, 0.3) is 0 Å². The Labute approximate surface area is 126 Å². The van der Waals surface area contributed by atoms with Crippen LogP contribution in [-0.4, -0.2) is 13.1 Å². The van der Waals surface area contributed by atoms with Gasteiger partial charge in [0.2, 0.25) is 0 Å². The van der Waals surface area contributed by atoms with Crippen molar-refractivity contribution in [3.8, 4) is 0 Å². The van der Waals surface area contributed by atoms with Crippen LogP contribution in [0.1, 0.15) is 11.1 Å². The van der Waals surface area contributed by atoms with Crippen molar-refractivity contribution in [2.24, 2.45) is 0 Å². The molecule has 1 nitrogen and oxygen atoms in total. The van der Waals surface area contributed by atoms with Gasteiger partial charge >= 0.3 is 0 Å². The van der Waals surface area contributed by atoms with Gasteiger partial charge in [-0.05, 0) is 49.2 Å². The van der Waals surface area contributed by atoms with Crippen LogP contribution in [0.2, 0.25) is 5.02 Å². The Hall–Kier alpha value is -1.52. The lowest BCUT2D eigenvalue weighted by atomic mass is 9.98. The van der Waals surface area contributed by atoms with Crippen LogP contribution in [0.25, 0.3) is 0 Å². The third-order valence-corrected chi connectivity index (χ3v) is 3.65. The maximum absolute atomic E-state index is 13.7. The highest BCUT2D eigenvalue weighted by molar-refractivity contribution is 6.30. The van der Waals surface area contributed by atoms with Crippen LogP contribution in [0, 0.1) is 17.5 Å². The lowest BCUT2D eigenvalue weighted by Gasteiger charge is -2.17. The first-order valence-electron chi connectivity index (χ1n) is 6.54. The molecule has 0 fully saturated rings. The molecule has 2 aromatic carbocycles. The summed E-state index contributed by atoms with van der Waals surface area (Å²) in [6.07, 6.45) is 0.963. The Morgan fingerprint density at radius 1 is 1.00 bits per heavy atom.